The third kappa shape index (κ3) is 6.05. The molecule has 0 saturated heterocycles. The van der Waals surface area contributed by atoms with E-state index < -0.39 is 11.0 Å². The van der Waals surface area contributed by atoms with Crippen LogP contribution in [0.15, 0.2) is 0 Å². The van der Waals surface area contributed by atoms with Gasteiger partial charge in [0.2, 0.25) is 0 Å². The normalized spacial score (nSPS) is 14.6. The number of hydrogen-bond donors (Lipinski definition) is 0. The number of ether oxygens (including phenoxy) is 2. The van der Waals surface area contributed by atoms with Crippen molar-refractivity contribution in [1.82, 2.24) is 0 Å². The first-order chi connectivity index (χ1) is 8.13. The molecule has 0 aliphatic rings. The first-order valence-electron chi connectivity index (χ1n) is 6.93. The summed E-state index contributed by atoms with van der Waals surface area (Å²) in [4.78, 5) is 12.6. The van der Waals surface area contributed by atoms with Crippen LogP contribution in [0, 0.1) is 5.41 Å². The van der Waals surface area contributed by atoms with Crippen molar-refractivity contribution in [1.29, 1.82) is 0 Å². The van der Waals surface area contributed by atoms with Crippen LogP contribution in [0.25, 0.3) is 0 Å². The third-order valence-corrected chi connectivity index (χ3v) is 3.12. The van der Waals surface area contributed by atoms with E-state index in [0.717, 1.165) is 0 Å². The average molecular weight is 272 g/mol. The fourth-order valence-corrected chi connectivity index (χ4v) is 2.92. The average Bonchev–Trinajstić information content (AvgIpc) is 2.10. The highest BCUT2D eigenvalue weighted by atomic mass is 16.5. The van der Waals surface area contributed by atoms with Gasteiger partial charge < -0.3 is 9.47 Å². The van der Waals surface area contributed by atoms with Gasteiger partial charge in [0.1, 0.15) is 5.60 Å². The number of carbonyl (C=O) groups is 1. The molecule has 3 nitrogen and oxygen atoms in total. The second-order valence-electron chi connectivity index (χ2n) is 8.08. The van der Waals surface area contributed by atoms with E-state index in [-0.39, 0.29) is 17.0 Å². The van der Waals surface area contributed by atoms with Crippen molar-refractivity contribution < 1.29 is 14.3 Å². The Hall–Kier alpha value is -0.410. The molecule has 0 aliphatic heterocycles. The SMILES string of the molecule is COC(C)(C)C(=O)C(C)(C)CC(C)(C)OC(C)(C)C. The zero-order chi connectivity index (χ0) is 15.7. The first kappa shape index (κ1) is 18.6. The van der Waals surface area contributed by atoms with Crippen LogP contribution < -0.4 is 0 Å². The quantitative estimate of drug-likeness (QED) is 0.733. The Morgan fingerprint density at radius 2 is 1.32 bits per heavy atom. The maximum atomic E-state index is 12.6. The zero-order valence-corrected chi connectivity index (χ0v) is 14.4. The molecule has 0 aromatic carbocycles. The van der Waals surface area contributed by atoms with Crippen molar-refractivity contribution in [2.75, 3.05) is 7.11 Å². The Morgan fingerprint density at radius 1 is 0.895 bits per heavy atom. The number of carbonyl (C=O) groups excluding carboxylic acids is 1. The molecule has 3 heteroatoms. The highest BCUT2D eigenvalue weighted by Gasteiger charge is 2.43. The van der Waals surface area contributed by atoms with E-state index in [1.165, 1.54) is 0 Å². The topological polar surface area (TPSA) is 35.5 Å². The van der Waals surface area contributed by atoms with Gasteiger partial charge in [0.05, 0.1) is 11.2 Å². The van der Waals surface area contributed by atoms with Gasteiger partial charge in [-0.15, -0.1) is 0 Å². The van der Waals surface area contributed by atoms with Crippen molar-refractivity contribution in [2.24, 2.45) is 5.41 Å². The number of ketones is 1. The highest BCUT2D eigenvalue weighted by molar-refractivity contribution is 5.91. The molecule has 0 aromatic rings. The van der Waals surface area contributed by atoms with Gasteiger partial charge in [-0.25, -0.2) is 0 Å². The van der Waals surface area contributed by atoms with Crippen LogP contribution in [0.4, 0.5) is 0 Å². The second kappa shape index (κ2) is 5.53. The lowest BCUT2D eigenvalue weighted by molar-refractivity contribution is -0.158. The predicted molar refractivity (Wildman–Crippen MR) is 79.4 cm³/mol. The van der Waals surface area contributed by atoms with Gasteiger partial charge >= 0.3 is 0 Å². The summed E-state index contributed by atoms with van der Waals surface area (Å²) in [5.41, 5.74) is -1.84. The lowest BCUT2D eigenvalue weighted by Gasteiger charge is -2.40. The molecule has 19 heavy (non-hydrogen) atoms. The summed E-state index contributed by atoms with van der Waals surface area (Å²) < 4.78 is 11.4. The zero-order valence-electron chi connectivity index (χ0n) is 14.4. The summed E-state index contributed by atoms with van der Waals surface area (Å²) in [5, 5.41) is 0. The van der Waals surface area contributed by atoms with Crippen LogP contribution in [0.5, 0.6) is 0 Å². The highest BCUT2D eigenvalue weighted by Crippen LogP contribution is 2.36. The summed E-state index contributed by atoms with van der Waals surface area (Å²) in [6.07, 6.45) is 0.656. The fourth-order valence-electron chi connectivity index (χ4n) is 2.92. The number of Topliss-reactive ketones (excluding diaryl/α,β-unsaturated/α-hetero) is 1. The molecule has 0 aromatic heterocycles. The molecule has 0 atom stereocenters. The maximum absolute atomic E-state index is 12.6. The van der Waals surface area contributed by atoms with Gasteiger partial charge in [0, 0.05) is 12.5 Å². The molecule has 0 rings (SSSR count). The van der Waals surface area contributed by atoms with Crippen LogP contribution in [0.2, 0.25) is 0 Å². The minimum absolute atomic E-state index is 0.105. The number of methoxy groups -OCH3 is 1. The molecule has 0 heterocycles. The summed E-state index contributed by atoms with van der Waals surface area (Å²) in [7, 11) is 1.57. The lowest BCUT2D eigenvalue weighted by Crippen LogP contribution is -2.47. The molecule has 0 N–H and O–H groups in total. The number of hydrogen-bond acceptors (Lipinski definition) is 3. The van der Waals surface area contributed by atoms with E-state index in [1.54, 1.807) is 7.11 Å². The third-order valence-electron chi connectivity index (χ3n) is 3.12. The molecule has 0 amide bonds. The molecule has 0 bridgehead atoms. The minimum atomic E-state index is -0.763. The Balaban J connectivity index is 5.00. The van der Waals surface area contributed by atoms with Crippen LogP contribution in [-0.4, -0.2) is 29.7 Å². The molecule has 0 unspecified atom stereocenters. The largest absolute Gasteiger partial charge is 0.371 e. The second-order valence-corrected chi connectivity index (χ2v) is 8.08. The molecule has 114 valence electrons. The van der Waals surface area contributed by atoms with Gasteiger partial charge in [-0.2, -0.15) is 0 Å². The summed E-state index contributed by atoms with van der Waals surface area (Å²) >= 11 is 0. The molecule has 0 radical (unpaired) electrons. The molecule has 0 aliphatic carbocycles. The standard InChI is InChI=1S/C16H32O3/c1-13(2,3)19-15(6,7)11-14(4,5)12(17)16(8,9)18-10/h11H2,1-10H3. The molecule has 0 fully saturated rings. The fraction of sp³-hybridized carbons (Fsp3) is 0.938. The van der Waals surface area contributed by atoms with E-state index >= 15 is 0 Å². The van der Waals surface area contributed by atoms with Crippen LogP contribution in [0.1, 0.15) is 68.7 Å². The Labute approximate surface area is 119 Å². The van der Waals surface area contributed by atoms with E-state index in [0.29, 0.717) is 6.42 Å². The Morgan fingerprint density at radius 3 is 1.63 bits per heavy atom. The van der Waals surface area contributed by atoms with Gasteiger partial charge in [-0.05, 0) is 54.9 Å². The predicted octanol–water partition coefficient (Wildman–Crippen LogP) is 3.99. The van der Waals surface area contributed by atoms with Crippen molar-refractivity contribution in [3.05, 3.63) is 0 Å². The van der Waals surface area contributed by atoms with Gasteiger partial charge in [0.25, 0.3) is 0 Å². The Kier molecular flexibility index (Phi) is 5.41. The monoisotopic (exact) mass is 272 g/mol. The molecular formula is C16H32O3. The molecular weight excluding hydrogens is 240 g/mol. The Bertz CT molecular complexity index is 319. The van der Waals surface area contributed by atoms with E-state index in [2.05, 4.69) is 0 Å². The van der Waals surface area contributed by atoms with Crippen molar-refractivity contribution in [3.63, 3.8) is 0 Å². The van der Waals surface area contributed by atoms with Crippen molar-refractivity contribution >= 4 is 5.78 Å². The van der Waals surface area contributed by atoms with Crippen molar-refractivity contribution in [2.45, 2.75) is 85.5 Å². The summed E-state index contributed by atoms with van der Waals surface area (Å²) in [5.74, 6) is 0.105. The molecule has 0 saturated carbocycles. The number of rotatable bonds is 6. The van der Waals surface area contributed by atoms with Crippen LogP contribution in [-0.2, 0) is 14.3 Å². The molecule has 0 spiro atoms. The maximum Gasteiger partial charge on any atom is 0.169 e. The minimum Gasteiger partial charge on any atom is -0.371 e. The van der Waals surface area contributed by atoms with E-state index in [4.69, 9.17) is 9.47 Å². The van der Waals surface area contributed by atoms with Gasteiger partial charge in [-0.3, -0.25) is 4.79 Å². The van der Waals surface area contributed by atoms with Crippen molar-refractivity contribution in [3.8, 4) is 0 Å². The van der Waals surface area contributed by atoms with E-state index in [9.17, 15) is 4.79 Å². The summed E-state index contributed by atoms with van der Waals surface area (Å²) in [6, 6.07) is 0. The first-order valence-corrected chi connectivity index (χ1v) is 6.93. The van der Waals surface area contributed by atoms with Gasteiger partial charge in [-0.1, -0.05) is 13.8 Å². The van der Waals surface area contributed by atoms with Crippen LogP contribution in [0.3, 0.4) is 0 Å². The summed E-state index contributed by atoms with van der Waals surface area (Å²) in [6.45, 7) is 17.7. The smallest absolute Gasteiger partial charge is 0.169 e. The van der Waals surface area contributed by atoms with Gasteiger partial charge in [0.15, 0.2) is 5.78 Å². The lowest BCUT2D eigenvalue weighted by atomic mass is 9.73. The van der Waals surface area contributed by atoms with E-state index in [1.807, 2.05) is 62.3 Å². The van der Waals surface area contributed by atoms with Crippen LogP contribution >= 0.6 is 0 Å².